The van der Waals surface area contributed by atoms with Gasteiger partial charge in [0, 0.05) is 17.8 Å². The summed E-state index contributed by atoms with van der Waals surface area (Å²) in [7, 11) is 0. The van der Waals surface area contributed by atoms with Gasteiger partial charge in [-0.2, -0.15) is 0 Å². The average molecular weight is 326 g/mol. The molecule has 0 atom stereocenters. The second-order valence-electron chi connectivity index (χ2n) is 5.88. The number of amides is 2. The van der Waals surface area contributed by atoms with E-state index in [0.29, 0.717) is 24.1 Å². The van der Waals surface area contributed by atoms with Gasteiger partial charge in [0.2, 0.25) is 6.79 Å². The van der Waals surface area contributed by atoms with Crippen LogP contribution in [0.15, 0.2) is 42.5 Å². The van der Waals surface area contributed by atoms with Gasteiger partial charge in [-0.15, -0.1) is 0 Å². The lowest BCUT2D eigenvalue weighted by atomic mass is 10.2. The van der Waals surface area contributed by atoms with E-state index in [2.05, 4.69) is 10.6 Å². The molecule has 2 aromatic carbocycles. The van der Waals surface area contributed by atoms with Crippen molar-refractivity contribution in [1.29, 1.82) is 0 Å². The Labute approximate surface area is 139 Å². The molecular formula is C18H18N2O4. The quantitative estimate of drug-likeness (QED) is 0.885. The van der Waals surface area contributed by atoms with E-state index in [1.165, 1.54) is 0 Å². The highest BCUT2D eigenvalue weighted by molar-refractivity contribution is 5.89. The molecular weight excluding hydrogens is 308 g/mol. The Bertz CT molecular complexity index is 758. The maximum atomic E-state index is 11.8. The lowest BCUT2D eigenvalue weighted by Crippen LogP contribution is -2.30. The van der Waals surface area contributed by atoms with E-state index in [9.17, 15) is 4.79 Å². The Morgan fingerprint density at radius 2 is 2.00 bits per heavy atom. The maximum Gasteiger partial charge on any atom is 0.319 e. The zero-order chi connectivity index (χ0) is 16.4. The largest absolute Gasteiger partial charge is 0.489 e. The molecule has 0 unspecified atom stereocenters. The Hall–Kier alpha value is -2.89. The van der Waals surface area contributed by atoms with Crippen molar-refractivity contribution < 1.29 is 19.0 Å². The minimum atomic E-state index is -0.161. The standard InChI is InChI=1S/C18H18N2O4/c21-18(19-13-4-5-13)20-14-3-1-2-12(8-14)10-22-15-6-7-16-17(9-15)24-11-23-16/h1-3,6-9,13H,4-5,10-11H2,(H2,19,20,21). The van der Waals surface area contributed by atoms with Gasteiger partial charge < -0.3 is 24.8 Å². The van der Waals surface area contributed by atoms with E-state index in [1.54, 1.807) is 0 Å². The van der Waals surface area contributed by atoms with Crippen LogP contribution in [0.5, 0.6) is 17.2 Å². The molecule has 4 rings (SSSR count). The zero-order valence-corrected chi connectivity index (χ0v) is 13.1. The molecule has 1 aliphatic carbocycles. The van der Waals surface area contributed by atoms with Gasteiger partial charge in [-0.05, 0) is 42.7 Å². The van der Waals surface area contributed by atoms with Crippen molar-refractivity contribution >= 4 is 11.7 Å². The fourth-order valence-electron chi connectivity index (χ4n) is 2.45. The van der Waals surface area contributed by atoms with Gasteiger partial charge in [0.05, 0.1) is 0 Å². The molecule has 1 fully saturated rings. The fourth-order valence-corrected chi connectivity index (χ4v) is 2.45. The van der Waals surface area contributed by atoms with Crippen molar-refractivity contribution in [2.45, 2.75) is 25.5 Å². The average Bonchev–Trinajstić information content (AvgIpc) is 3.26. The van der Waals surface area contributed by atoms with Gasteiger partial charge in [0.1, 0.15) is 12.4 Å². The SMILES string of the molecule is O=C(Nc1cccc(COc2ccc3c(c2)OCO3)c1)NC1CC1. The molecule has 1 aliphatic heterocycles. The van der Waals surface area contributed by atoms with Crippen LogP contribution in [0.4, 0.5) is 10.5 Å². The Kier molecular flexibility index (Phi) is 3.86. The van der Waals surface area contributed by atoms with Crippen LogP contribution in [-0.4, -0.2) is 18.9 Å². The molecule has 124 valence electrons. The van der Waals surface area contributed by atoms with Crippen LogP contribution in [0.1, 0.15) is 18.4 Å². The predicted molar refractivity (Wildman–Crippen MR) is 88.5 cm³/mol. The Balaban J connectivity index is 1.36. The summed E-state index contributed by atoms with van der Waals surface area (Å²) < 4.78 is 16.4. The number of nitrogens with one attached hydrogen (secondary N) is 2. The second-order valence-corrected chi connectivity index (χ2v) is 5.88. The highest BCUT2D eigenvalue weighted by Crippen LogP contribution is 2.35. The minimum absolute atomic E-state index is 0.161. The normalized spacial score (nSPS) is 15.0. The molecule has 6 heteroatoms. The predicted octanol–water partition coefficient (Wildman–Crippen LogP) is 3.28. The number of hydrogen-bond acceptors (Lipinski definition) is 4. The van der Waals surface area contributed by atoms with Crippen LogP contribution < -0.4 is 24.8 Å². The number of benzene rings is 2. The summed E-state index contributed by atoms with van der Waals surface area (Å²) in [6.07, 6.45) is 2.13. The maximum absolute atomic E-state index is 11.8. The topological polar surface area (TPSA) is 68.8 Å². The summed E-state index contributed by atoms with van der Waals surface area (Å²) in [5.74, 6) is 2.14. The first-order valence-corrected chi connectivity index (χ1v) is 7.95. The van der Waals surface area contributed by atoms with Gasteiger partial charge >= 0.3 is 6.03 Å². The Morgan fingerprint density at radius 3 is 2.88 bits per heavy atom. The van der Waals surface area contributed by atoms with E-state index in [0.717, 1.165) is 29.8 Å². The van der Waals surface area contributed by atoms with Gasteiger partial charge in [0.25, 0.3) is 0 Å². The number of anilines is 1. The molecule has 2 N–H and O–H groups in total. The first-order chi connectivity index (χ1) is 11.8. The number of carbonyl (C=O) groups is 1. The van der Waals surface area contributed by atoms with Crippen LogP contribution >= 0.6 is 0 Å². The number of ether oxygens (including phenoxy) is 3. The summed E-state index contributed by atoms with van der Waals surface area (Å²) >= 11 is 0. The van der Waals surface area contributed by atoms with Crippen LogP contribution in [-0.2, 0) is 6.61 Å². The zero-order valence-electron chi connectivity index (χ0n) is 13.1. The summed E-state index contributed by atoms with van der Waals surface area (Å²) in [4.78, 5) is 11.8. The lowest BCUT2D eigenvalue weighted by molar-refractivity contribution is 0.173. The first-order valence-electron chi connectivity index (χ1n) is 7.95. The van der Waals surface area contributed by atoms with Gasteiger partial charge in [-0.25, -0.2) is 4.79 Å². The highest BCUT2D eigenvalue weighted by Gasteiger charge is 2.23. The monoisotopic (exact) mass is 326 g/mol. The van der Waals surface area contributed by atoms with E-state index in [-0.39, 0.29) is 12.8 Å². The molecule has 1 heterocycles. The summed E-state index contributed by atoms with van der Waals surface area (Å²) in [6, 6.07) is 13.3. The number of rotatable bonds is 5. The van der Waals surface area contributed by atoms with Crippen molar-refractivity contribution in [3.8, 4) is 17.2 Å². The summed E-state index contributed by atoms with van der Waals surface area (Å²) in [6.45, 7) is 0.648. The number of hydrogen-bond donors (Lipinski definition) is 2. The molecule has 0 bridgehead atoms. The van der Waals surface area contributed by atoms with E-state index in [1.807, 2.05) is 42.5 Å². The minimum Gasteiger partial charge on any atom is -0.489 e. The third-order valence-corrected chi connectivity index (χ3v) is 3.85. The molecule has 0 saturated heterocycles. The van der Waals surface area contributed by atoms with Crippen LogP contribution in [0.2, 0.25) is 0 Å². The molecule has 2 amide bonds. The van der Waals surface area contributed by atoms with E-state index < -0.39 is 0 Å². The molecule has 6 nitrogen and oxygen atoms in total. The number of carbonyl (C=O) groups excluding carboxylic acids is 1. The molecule has 0 radical (unpaired) electrons. The van der Waals surface area contributed by atoms with Gasteiger partial charge in [-0.1, -0.05) is 12.1 Å². The van der Waals surface area contributed by atoms with Crippen LogP contribution in [0.3, 0.4) is 0 Å². The van der Waals surface area contributed by atoms with Crippen molar-refractivity contribution in [2.75, 3.05) is 12.1 Å². The Morgan fingerprint density at radius 1 is 1.12 bits per heavy atom. The number of fused-ring (bicyclic) bond motifs is 1. The summed E-state index contributed by atoms with van der Waals surface area (Å²) in [5, 5.41) is 5.74. The van der Waals surface area contributed by atoms with Gasteiger partial charge in [-0.3, -0.25) is 0 Å². The second kappa shape index (κ2) is 6.31. The van der Waals surface area contributed by atoms with Gasteiger partial charge in [0.15, 0.2) is 11.5 Å². The van der Waals surface area contributed by atoms with Crippen LogP contribution in [0.25, 0.3) is 0 Å². The van der Waals surface area contributed by atoms with Crippen molar-refractivity contribution in [1.82, 2.24) is 5.32 Å². The van der Waals surface area contributed by atoms with E-state index in [4.69, 9.17) is 14.2 Å². The van der Waals surface area contributed by atoms with Crippen molar-refractivity contribution in [3.05, 3.63) is 48.0 Å². The third-order valence-electron chi connectivity index (χ3n) is 3.85. The summed E-state index contributed by atoms with van der Waals surface area (Å²) in [5.41, 5.74) is 1.72. The van der Waals surface area contributed by atoms with Crippen molar-refractivity contribution in [3.63, 3.8) is 0 Å². The molecule has 2 aliphatic rings. The van der Waals surface area contributed by atoms with Crippen LogP contribution in [0, 0.1) is 0 Å². The molecule has 2 aromatic rings. The first kappa shape index (κ1) is 14.7. The highest BCUT2D eigenvalue weighted by atomic mass is 16.7. The lowest BCUT2D eigenvalue weighted by Gasteiger charge is -2.10. The molecule has 24 heavy (non-hydrogen) atoms. The smallest absolute Gasteiger partial charge is 0.319 e. The third kappa shape index (κ3) is 3.53. The fraction of sp³-hybridized carbons (Fsp3) is 0.278. The van der Waals surface area contributed by atoms with E-state index >= 15 is 0 Å². The molecule has 0 spiro atoms. The molecule has 0 aromatic heterocycles. The molecule has 1 saturated carbocycles. The number of urea groups is 1. The van der Waals surface area contributed by atoms with Crippen molar-refractivity contribution in [2.24, 2.45) is 0 Å².